The second kappa shape index (κ2) is 9.61. The molecule has 3 aromatic rings. The summed E-state index contributed by atoms with van der Waals surface area (Å²) in [7, 11) is 1.69. The van der Waals surface area contributed by atoms with Crippen LogP contribution in [-0.4, -0.2) is 60.9 Å². The van der Waals surface area contributed by atoms with Crippen molar-refractivity contribution in [2.24, 2.45) is 5.92 Å². The highest BCUT2D eigenvalue weighted by molar-refractivity contribution is 7.17. The Morgan fingerprint density at radius 1 is 1.16 bits per heavy atom. The van der Waals surface area contributed by atoms with Gasteiger partial charge in [0.2, 0.25) is 0 Å². The van der Waals surface area contributed by atoms with Gasteiger partial charge in [-0.2, -0.15) is 0 Å². The lowest BCUT2D eigenvalue weighted by Gasteiger charge is -2.34. The molecule has 1 aromatic carbocycles. The number of piperidine rings is 1. The van der Waals surface area contributed by atoms with E-state index >= 15 is 0 Å². The maximum atomic E-state index is 5.55. The molecule has 7 heteroatoms. The van der Waals surface area contributed by atoms with Crippen molar-refractivity contribution in [2.75, 3.05) is 45.3 Å². The average Bonchev–Trinajstić information content (AvgIpc) is 3.46. The van der Waals surface area contributed by atoms with Crippen molar-refractivity contribution in [1.29, 1.82) is 0 Å². The van der Waals surface area contributed by atoms with Gasteiger partial charge in [-0.15, -0.1) is 11.3 Å². The van der Waals surface area contributed by atoms with Crippen LogP contribution >= 0.6 is 11.3 Å². The van der Waals surface area contributed by atoms with Gasteiger partial charge in [0.1, 0.15) is 17.3 Å². The van der Waals surface area contributed by atoms with Gasteiger partial charge in [0.05, 0.1) is 12.0 Å². The number of nitrogens with zero attached hydrogens (tertiary/aromatic N) is 3. The first kappa shape index (κ1) is 20.8. The normalized spacial score (nSPS) is 20.5. The number of rotatable bonds is 7. The fourth-order valence-corrected chi connectivity index (χ4v) is 5.63. The molecule has 2 saturated heterocycles. The Balaban J connectivity index is 1.36. The zero-order valence-electron chi connectivity index (χ0n) is 18.0. The van der Waals surface area contributed by atoms with Gasteiger partial charge >= 0.3 is 0 Å². The number of nitrogens with one attached hydrogen (secondary N) is 1. The third-order valence-electron chi connectivity index (χ3n) is 6.31. The number of hydrogen-bond donors (Lipinski definition) is 1. The van der Waals surface area contributed by atoms with E-state index in [0.717, 1.165) is 61.0 Å². The number of hydrogen-bond acceptors (Lipinski definition) is 7. The summed E-state index contributed by atoms with van der Waals surface area (Å²) in [5, 5.41) is 7.11. The molecule has 2 aliphatic heterocycles. The summed E-state index contributed by atoms with van der Waals surface area (Å²) < 4.78 is 10.9. The first-order valence-electron chi connectivity index (χ1n) is 11.2. The molecule has 1 N–H and O–H groups in total. The molecule has 1 atom stereocenters. The van der Waals surface area contributed by atoms with Crippen molar-refractivity contribution in [1.82, 2.24) is 14.9 Å². The van der Waals surface area contributed by atoms with Gasteiger partial charge in [-0.25, -0.2) is 9.97 Å². The molecule has 2 aliphatic rings. The number of anilines is 1. The van der Waals surface area contributed by atoms with Crippen LogP contribution in [0.1, 0.15) is 25.1 Å². The summed E-state index contributed by atoms with van der Waals surface area (Å²) in [4.78, 5) is 13.2. The molecule has 0 amide bonds. The zero-order valence-corrected chi connectivity index (χ0v) is 18.9. The van der Waals surface area contributed by atoms with E-state index in [0.29, 0.717) is 18.6 Å². The molecule has 6 nitrogen and oxygen atoms in total. The zero-order chi connectivity index (χ0) is 21.0. The van der Waals surface area contributed by atoms with Crippen LogP contribution in [0, 0.1) is 5.92 Å². The third-order valence-corrected chi connectivity index (χ3v) is 7.18. The van der Waals surface area contributed by atoms with Crippen molar-refractivity contribution in [3.05, 3.63) is 41.5 Å². The van der Waals surface area contributed by atoms with Crippen molar-refractivity contribution in [2.45, 2.75) is 31.9 Å². The molecule has 0 aliphatic carbocycles. The summed E-state index contributed by atoms with van der Waals surface area (Å²) in [5.74, 6) is 2.39. The van der Waals surface area contributed by atoms with Crippen molar-refractivity contribution < 1.29 is 9.47 Å². The molecule has 2 fully saturated rings. The Hall–Kier alpha value is -2.06. The van der Waals surface area contributed by atoms with Crippen LogP contribution in [0.5, 0.6) is 0 Å². The Labute approximate surface area is 187 Å². The van der Waals surface area contributed by atoms with Crippen LogP contribution < -0.4 is 5.32 Å². The number of ether oxygens (including phenoxy) is 2. The highest BCUT2D eigenvalue weighted by Gasteiger charge is 2.25. The van der Waals surface area contributed by atoms with Crippen LogP contribution in [0.2, 0.25) is 0 Å². The highest BCUT2D eigenvalue weighted by Crippen LogP contribution is 2.37. The van der Waals surface area contributed by atoms with Crippen LogP contribution in [0.15, 0.2) is 35.7 Å². The van der Waals surface area contributed by atoms with Crippen LogP contribution in [0.25, 0.3) is 21.3 Å². The molecule has 1 unspecified atom stereocenters. The molecule has 0 bridgehead atoms. The highest BCUT2D eigenvalue weighted by atomic mass is 32.1. The van der Waals surface area contributed by atoms with Gasteiger partial charge in [-0.3, -0.25) is 0 Å². The fraction of sp³-hybridized carbons (Fsp3) is 0.500. The molecular formula is C24H30N4O2S. The predicted molar refractivity (Wildman–Crippen MR) is 126 cm³/mol. The predicted octanol–water partition coefficient (Wildman–Crippen LogP) is 4.42. The summed E-state index contributed by atoms with van der Waals surface area (Å²) >= 11 is 1.68. The number of aromatic nitrogens is 2. The molecule has 31 heavy (non-hydrogen) atoms. The first-order chi connectivity index (χ1) is 15.3. The Morgan fingerprint density at radius 2 is 2.00 bits per heavy atom. The van der Waals surface area contributed by atoms with Gasteiger partial charge in [0.25, 0.3) is 0 Å². The Bertz CT molecular complexity index is 995. The van der Waals surface area contributed by atoms with Gasteiger partial charge in [0.15, 0.2) is 5.82 Å². The summed E-state index contributed by atoms with van der Waals surface area (Å²) in [6.07, 6.45) is 3.47. The molecule has 5 rings (SSSR count). The van der Waals surface area contributed by atoms with Gasteiger partial charge in [0, 0.05) is 50.3 Å². The lowest BCUT2D eigenvalue weighted by atomic mass is 10.0. The smallest absolute Gasteiger partial charge is 0.158 e. The number of likely N-dealkylation sites (tertiary alicyclic amines) is 1. The van der Waals surface area contributed by atoms with Gasteiger partial charge in [-0.05, 0) is 30.7 Å². The number of methoxy groups -OCH3 is 1. The van der Waals surface area contributed by atoms with E-state index in [-0.39, 0.29) is 0 Å². The molecule has 4 heterocycles. The quantitative estimate of drug-likeness (QED) is 0.589. The lowest BCUT2D eigenvalue weighted by Crippen LogP contribution is -2.41. The van der Waals surface area contributed by atoms with E-state index < -0.39 is 0 Å². The Kier molecular flexibility index (Phi) is 6.45. The SMILES string of the molecule is COCc1nc(NC2CCN(CC3CCOC3)CC2)c2c(-c3ccccc3)csc2n1. The van der Waals surface area contributed by atoms with Crippen molar-refractivity contribution >= 4 is 27.4 Å². The summed E-state index contributed by atoms with van der Waals surface area (Å²) in [6, 6.07) is 10.9. The maximum absolute atomic E-state index is 5.55. The maximum Gasteiger partial charge on any atom is 0.158 e. The van der Waals surface area contributed by atoms with Gasteiger partial charge < -0.3 is 19.7 Å². The minimum absolute atomic E-state index is 0.422. The van der Waals surface area contributed by atoms with E-state index in [4.69, 9.17) is 19.4 Å². The van der Waals surface area contributed by atoms with Crippen molar-refractivity contribution in [3.63, 3.8) is 0 Å². The molecule has 0 saturated carbocycles. The minimum Gasteiger partial charge on any atom is -0.381 e. The summed E-state index contributed by atoms with van der Waals surface area (Å²) in [5.41, 5.74) is 2.40. The number of fused-ring (bicyclic) bond motifs is 1. The second-order valence-corrected chi connectivity index (χ2v) is 9.42. The average molecular weight is 439 g/mol. The Morgan fingerprint density at radius 3 is 2.74 bits per heavy atom. The van der Waals surface area contributed by atoms with Gasteiger partial charge in [-0.1, -0.05) is 30.3 Å². The van der Waals surface area contributed by atoms with Crippen LogP contribution in [-0.2, 0) is 16.1 Å². The van der Waals surface area contributed by atoms with Crippen molar-refractivity contribution in [3.8, 4) is 11.1 Å². The van der Waals surface area contributed by atoms with E-state index in [1.54, 1.807) is 18.4 Å². The number of benzene rings is 1. The fourth-order valence-electron chi connectivity index (χ4n) is 4.66. The van der Waals surface area contributed by atoms with Crippen LogP contribution in [0.4, 0.5) is 5.82 Å². The largest absolute Gasteiger partial charge is 0.381 e. The monoisotopic (exact) mass is 438 g/mol. The molecule has 0 spiro atoms. The molecule has 2 aromatic heterocycles. The summed E-state index contributed by atoms with van der Waals surface area (Å²) in [6.45, 7) is 5.71. The molecule has 164 valence electrons. The standard InChI is InChI=1S/C24H30N4O2S/c1-29-15-21-26-23(22-20(16-31-24(22)27-21)18-5-3-2-4-6-18)25-19-7-10-28(11-8-19)13-17-9-12-30-14-17/h2-6,16-17,19H,7-15H2,1H3,(H,25,26,27). The molecular weight excluding hydrogens is 408 g/mol. The molecule has 0 radical (unpaired) electrons. The second-order valence-electron chi connectivity index (χ2n) is 8.57. The van der Waals surface area contributed by atoms with Crippen LogP contribution in [0.3, 0.4) is 0 Å². The third kappa shape index (κ3) is 4.75. The van der Waals surface area contributed by atoms with E-state index in [1.165, 1.54) is 24.1 Å². The van der Waals surface area contributed by atoms with E-state index in [1.807, 2.05) is 0 Å². The van der Waals surface area contributed by atoms with E-state index in [2.05, 4.69) is 45.9 Å². The minimum atomic E-state index is 0.422. The lowest BCUT2D eigenvalue weighted by molar-refractivity contribution is 0.154. The topological polar surface area (TPSA) is 59.5 Å². The first-order valence-corrected chi connectivity index (χ1v) is 12.1. The number of thiophene rings is 1. The van der Waals surface area contributed by atoms with E-state index in [9.17, 15) is 0 Å².